The number of carbonyl (C=O) groups is 1. The summed E-state index contributed by atoms with van der Waals surface area (Å²) in [6.07, 6.45) is 1.75. The second-order valence-corrected chi connectivity index (χ2v) is 4.43. The Kier molecular flexibility index (Phi) is 3.97. The molecule has 0 saturated carbocycles. The van der Waals surface area contributed by atoms with Gasteiger partial charge in [0, 0.05) is 25.0 Å². The fourth-order valence-electron chi connectivity index (χ4n) is 1.87. The first-order valence-corrected chi connectivity index (χ1v) is 6.19. The quantitative estimate of drug-likeness (QED) is 0.881. The van der Waals surface area contributed by atoms with Gasteiger partial charge in [-0.1, -0.05) is 18.2 Å². The van der Waals surface area contributed by atoms with Crippen molar-refractivity contribution in [3.63, 3.8) is 0 Å². The van der Waals surface area contributed by atoms with Gasteiger partial charge in [-0.05, 0) is 31.7 Å². The van der Waals surface area contributed by atoms with Gasteiger partial charge < -0.3 is 10.6 Å². The molecule has 1 aromatic heterocycles. The van der Waals surface area contributed by atoms with E-state index < -0.39 is 0 Å². The molecule has 0 saturated heterocycles. The van der Waals surface area contributed by atoms with Crippen LogP contribution in [0, 0.1) is 0 Å². The summed E-state index contributed by atoms with van der Waals surface area (Å²) in [7, 11) is 3.68. The fraction of sp³-hybridized carbons (Fsp3) is 0.286. The highest BCUT2D eigenvalue weighted by Crippen LogP contribution is 2.22. The van der Waals surface area contributed by atoms with Crippen molar-refractivity contribution < 1.29 is 4.79 Å². The smallest absolute Gasteiger partial charge is 0.276 e. The Morgan fingerprint density at radius 2 is 2.05 bits per heavy atom. The first-order chi connectivity index (χ1) is 9.11. The number of hydrogen-bond acceptors (Lipinski definition) is 3. The van der Waals surface area contributed by atoms with Gasteiger partial charge in [0.1, 0.15) is 0 Å². The number of hydrogen-bond donors (Lipinski definition) is 2. The third-order valence-corrected chi connectivity index (χ3v) is 3.05. The van der Waals surface area contributed by atoms with E-state index in [1.807, 2.05) is 38.2 Å². The largest absolute Gasteiger partial charge is 0.320 e. The number of benzene rings is 1. The van der Waals surface area contributed by atoms with E-state index in [-0.39, 0.29) is 11.9 Å². The van der Waals surface area contributed by atoms with Crippen LogP contribution in [0.15, 0.2) is 36.5 Å². The molecule has 5 heteroatoms. The third-order valence-electron chi connectivity index (χ3n) is 3.05. The summed E-state index contributed by atoms with van der Waals surface area (Å²) in [4.78, 5) is 12.1. The Balaban J connectivity index is 2.21. The lowest BCUT2D eigenvalue weighted by atomic mass is 10.1. The molecule has 0 fully saturated rings. The number of nitrogens with zero attached hydrogens (tertiary/aromatic N) is 2. The van der Waals surface area contributed by atoms with E-state index in [2.05, 4.69) is 15.7 Å². The average molecular weight is 258 g/mol. The second-order valence-electron chi connectivity index (χ2n) is 4.43. The van der Waals surface area contributed by atoms with Crippen LogP contribution in [0.4, 0.5) is 5.69 Å². The van der Waals surface area contributed by atoms with Gasteiger partial charge in [-0.2, -0.15) is 5.10 Å². The highest BCUT2D eigenvalue weighted by molar-refractivity contribution is 6.03. The first kappa shape index (κ1) is 13.3. The van der Waals surface area contributed by atoms with Crippen molar-refractivity contribution in [2.75, 3.05) is 12.4 Å². The summed E-state index contributed by atoms with van der Waals surface area (Å²) in [6, 6.07) is 9.61. The zero-order valence-electron chi connectivity index (χ0n) is 11.3. The van der Waals surface area contributed by atoms with Crippen molar-refractivity contribution in [3.8, 4) is 0 Å². The van der Waals surface area contributed by atoms with E-state index >= 15 is 0 Å². The standard InChI is InChI=1S/C14H18N4O/c1-10(15-2)11-6-4-5-7-12(11)16-14(19)13-8-9-18(3)17-13/h4-10,15H,1-3H3,(H,16,19). The SMILES string of the molecule is CNC(C)c1ccccc1NC(=O)c1ccn(C)n1. The maximum absolute atomic E-state index is 12.1. The molecule has 0 aliphatic rings. The van der Waals surface area contributed by atoms with Gasteiger partial charge in [-0.15, -0.1) is 0 Å². The molecule has 1 heterocycles. The zero-order valence-corrected chi connectivity index (χ0v) is 11.3. The van der Waals surface area contributed by atoms with Crippen LogP contribution < -0.4 is 10.6 Å². The van der Waals surface area contributed by atoms with Gasteiger partial charge in [-0.25, -0.2) is 0 Å². The minimum Gasteiger partial charge on any atom is -0.320 e. The molecule has 5 nitrogen and oxygen atoms in total. The van der Waals surface area contributed by atoms with Crippen molar-refractivity contribution in [1.29, 1.82) is 0 Å². The van der Waals surface area contributed by atoms with Gasteiger partial charge in [0.25, 0.3) is 5.91 Å². The summed E-state index contributed by atoms with van der Waals surface area (Å²) in [6.45, 7) is 2.05. The van der Waals surface area contributed by atoms with E-state index in [1.165, 1.54) is 0 Å². The zero-order chi connectivity index (χ0) is 13.8. The number of anilines is 1. The topological polar surface area (TPSA) is 58.9 Å². The highest BCUT2D eigenvalue weighted by Gasteiger charge is 2.13. The van der Waals surface area contributed by atoms with E-state index in [9.17, 15) is 4.79 Å². The number of aromatic nitrogens is 2. The third kappa shape index (κ3) is 3.00. The molecular formula is C14H18N4O. The normalized spacial score (nSPS) is 12.2. The van der Waals surface area contributed by atoms with Crippen LogP contribution in [0.3, 0.4) is 0 Å². The fourth-order valence-corrected chi connectivity index (χ4v) is 1.87. The van der Waals surface area contributed by atoms with Crippen molar-refractivity contribution in [1.82, 2.24) is 15.1 Å². The van der Waals surface area contributed by atoms with Crippen LogP contribution in [0.25, 0.3) is 0 Å². The Bertz CT molecular complexity index is 576. The predicted octanol–water partition coefficient (Wildman–Crippen LogP) is 1.95. The van der Waals surface area contributed by atoms with Crippen LogP contribution in [0.1, 0.15) is 29.0 Å². The van der Waals surface area contributed by atoms with Crippen LogP contribution in [0.2, 0.25) is 0 Å². The molecule has 1 atom stereocenters. The van der Waals surface area contributed by atoms with Crippen molar-refractivity contribution in [3.05, 3.63) is 47.8 Å². The maximum atomic E-state index is 12.1. The highest BCUT2D eigenvalue weighted by atomic mass is 16.1. The summed E-state index contributed by atoms with van der Waals surface area (Å²) in [5.41, 5.74) is 2.27. The van der Waals surface area contributed by atoms with Crippen LogP contribution in [-0.4, -0.2) is 22.7 Å². The van der Waals surface area contributed by atoms with Gasteiger partial charge >= 0.3 is 0 Å². The Morgan fingerprint density at radius 1 is 1.32 bits per heavy atom. The molecule has 0 radical (unpaired) electrons. The molecule has 0 spiro atoms. The molecule has 1 amide bonds. The van der Waals surface area contributed by atoms with E-state index in [1.54, 1.807) is 24.0 Å². The van der Waals surface area contributed by atoms with E-state index in [4.69, 9.17) is 0 Å². The van der Waals surface area contributed by atoms with Crippen LogP contribution in [-0.2, 0) is 7.05 Å². The molecule has 0 aliphatic heterocycles. The summed E-state index contributed by atoms with van der Waals surface area (Å²) < 4.78 is 1.61. The molecular weight excluding hydrogens is 240 g/mol. The molecule has 2 N–H and O–H groups in total. The lowest BCUT2D eigenvalue weighted by Gasteiger charge is -2.15. The Labute approximate surface area is 112 Å². The number of nitrogens with one attached hydrogen (secondary N) is 2. The summed E-state index contributed by atoms with van der Waals surface area (Å²) in [5.74, 6) is -0.198. The molecule has 100 valence electrons. The van der Waals surface area contributed by atoms with Crippen molar-refractivity contribution >= 4 is 11.6 Å². The number of aryl methyl sites for hydroxylation is 1. The van der Waals surface area contributed by atoms with Gasteiger partial charge in [0.15, 0.2) is 5.69 Å². The molecule has 0 bridgehead atoms. The molecule has 19 heavy (non-hydrogen) atoms. The number of amides is 1. The Hall–Kier alpha value is -2.14. The minimum absolute atomic E-state index is 0.167. The van der Waals surface area contributed by atoms with Crippen LogP contribution >= 0.6 is 0 Å². The predicted molar refractivity (Wildman–Crippen MR) is 75.1 cm³/mol. The lowest BCUT2D eigenvalue weighted by Crippen LogP contribution is -2.18. The number of carbonyl (C=O) groups excluding carboxylic acids is 1. The molecule has 2 rings (SSSR count). The summed E-state index contributed by atoms with van der Waals surface area (Å²) in [5, 5.41) is 10.2. The molecule has 1 aromatic carbocycles. The van der Waals surface area contributed by atoms with Crippen molar-refractivity contribution in [2.24, 2.45) is 7.05 Å². The maximum Gasteiger partial charge on any atom is 0.276 e. The second kappa shape index (κ2) is 5.67. The molecule has 2 aromatic rings. The van der Waals surface area contributed by atoms with Gasteiger partial charge in [-0.3, -0.25) is 9.48 Å². The number of rotatable bonds is 4. The first-order valence-electron chi connectivity index (χ1n) is 6.19. The molecule has 0 aliphatic carbocycles. The Morgan fingerprint density at radius 3 is 2.68 bits per heavy atom. The van der Waals surface area contributed by atoms with Gasteiger partial charge in [0.05, 0.1) is 0 Å². The minimum atomic E-state index is -0.198. The number of para-hydroxylation sites is 1. The van der Waals surface area contributed by atoms with E-state index in [0.717, 1.165) is 11.3 Å². The van der Waals surface area contributed by atoms with Gasteiger partial charge in [0.2, 0.25) is 0 Å². The lowest BCUT2D eigenvalue weighted by molar-refractivity contribution is 0.102. The summed E-state index contributed by atoms with van der Waals surface area (Å²) >= 11 is 0. The van der Waals surface area contributed by atoms with Crippen molar-refractivity contribution in [2.45, 2.75) is 13.0 Å². The van der Waals surface area contributed by atoms with Crippen LogP contribution in [0.5, 0.6) is 0 Å². The average Bonchev–Trinajstić information content (AvgIpc) is 2.85. The molecule has 1 unspecified atom stereocenters. The van der Waals surface area contributed by atoms with E-state index in [0.29, 0.717) is 5.69 Å². The monoisotopic (exact) mass is 258 g/mol.